The number of hydrogen-bond acceptors (Lipinski definition) is 2. The van der Waals surface area contributed by atoms with Gasteiger partial charge in [-0.1, -0.05) is 26.8 Å². The quantitative estimate of drug-likeness (QED) is 0.869. The lowest BCUT2D eigenvalue weighted by Gasteiger charge is -2.18. The molecule has 0 saturated carbocycles. The monoisotopic (exact) mass is 240 g/mol. The molecule has 1 unspecified atom stereocenters. The van der Waals surface area contributed by atoms with Crippen LogP contribution in [-0.4, -0.2) is 11.7 Å². The molecule has 1 atom stereocenters. The summed E-state index contributed by atoms with van der Waals surface area (Å²) >= 11 is 0. The molecule has 0 saturated heterocycles. The molecule has 1 rings (SSSR count). The fourth-order valence-corrected chi connectivity index (χ4v) is 1.36. The van der Waals surface area contributed by atoms with Crippen molar-refractivity contribution < 1.29 is 14.2 Å². The van der Waals surface area contributed by atoms with Crippen LogP contribution in [0.2, 0.25) is 0 Å². The second-order valence-corrected chi connectivity index (χ2v) is 5.52. The Kier molecular flexibility index (Phi) is 4.52. The van der Waals surface area contributed by atoms with Gasteiger partial charge in [0.05, 0.1) is 12.7 Å². The van der Waals surface area contributed by atoms with E-state index >= 15 is 0 Å². The molecule has 0 bridgehead atoms. The lowest BCUT2D eigenvalue weighted by Crippen LogP contribution is -2.11. The Morgan fingerprint density at radius 2 is 2.00 bits per heavy atom. The van der Waals surface area contributed by atoms with Crippen LogP contribution >= 0.6 is 0 Å². The van der Waals surface area contributed by atoms with E-state index in [1.54, 1.807) is 19.1 Å². The van der Waals surface area contributed by atoms with Crippen molar-refractivity contribution >= 4 is 0 Å². The van der Waals surface area contributed by atoms with Crippen molar-refractivity contribution in [2.45, 2.75) is 40.2 Å². The minimum Gasteiger partial charge on any atom is -0.490 e. The number of rotatable bonds is 4. The standard InChI is InChI=1S/C14H21FO2/c1-10(16)11-5-6-13(12(15)9-11)17-8-7-14(2,3)4/h5-6,9-10,16H,7-8H2,1-4H3. The molecule has 0 heterocycles. The Morgan fingerprint density at radius 1 is 1.35 bits per heavy atom. The molecule has 0 spiro atoms. The molecule has 0 fully saturated rings. The van der Waals surface area contributed by atoms with Crippen molar-refractivity contribution in [2.24, 2.45) is 5.41 Å². The van der Waals surface area contributed by atoms with E-state index < -0.39 is 11.9 Å². The zero-order valence-corrected chi connectivity index (χ0v) is 11.0. The Balaban J connectivity index is 2.61. The number of aliphatic hydroxyl groups excluding tert-OH is 1. The number of benzene rings is 1. The summed E-state index contributed by atoms with van der Waals surface area (Å²) < 4.78 is 19.0. The molecule has 1 N–H and O–H groups in total. The molecule has 0 aliphatic carbocycles. The van der Waals surface area contributed by atoms with Gasteiger partial charge in [0.1, 0.15) is 0 Å². The number of halogens is 1. The van der Waals surface area contributed by atoms with Crippen LogP contribution < -0.4 is 4.74 Å². The molecule has 1 aromatic carbocycles. The first-order valence-electron chi connectivity index (χ1n) is 5.90. The van der Waals surface area contributed by atoms with Crippen molar-refractivity contribution in [3.05, 3.63) is 29.6 Å². The fourth-order valence-electron chi connectivity index (χ4n) is 1.36. The Morgan fingerprint density at radius 3 is 2.47 bits per heavy atom. The Labute approximate surface area is 102 Å². The highest BCUT2D eigenvalue weighted by Gasteiger charge is 2.12. The molecule has 96 valence electrons. The lowest BCUT2D eigenvalue weighted by molar-refractivity contribution is 0.198. The van der Waals surface area contributed by atoms with Gasteiger partial charge in [-0.3, -0.25) is 0 Å². The van der Waals surface area contributed by atoms with Gasteiger partial charge < -0.3 is 9.84 Å². The molecule has 0 aromatic heterocycles. The molecular weight excluding hydrogens is 219 g/mol. The first-order chi connectivity index (χ1) is 7.79. The lowest BCUT2D eigenvalue weighted by atomic mass is 9.93. The van der Waals surface area contributed by atoms with Gasteiger partial charge in [-0.2, -0.15) is 0 Å². The summed E-state index contributed by atoms with van der Waals surface area (Å²) in [5.74, 6) is -0.170. The van der Waals surface area contributed by atoms with Crippen LogP contribution in [0.25, 0.3) is 0 Å². The molecular formula is C14H21FO2. The van der Waals surface area contributed by atoms with Crippen LogP contribution in [-0.2, 0) is 0 Å². The molecule has 0 radical (unpaired) electrons. The first kappa shape index (κ1) is 14.0. The van der Waals surface area contributed by atoms with Crippen LogP contribution in [0.15, 0.2) is 18.2 Å². The van der Waals surface area contributed by atoms with Gasteiger partial charge in [0.25, 0.3) is 0 Å². The maximum Gasteiger partial charge on any atom is 0.165 e. The van der Waals surface area contributed by atoms with Gasteiger partial charge in [0.2, 0.25) is 0 Å². The summed E-state index contributed by atoms with van der Waals surface area (Å²) in [6, 6.07) is 4.57. The molecule has 0 amide bonds. The van der Waals surface area contributed by atoms with Crippen LogP contribution in [0.1, 0.15) is 45.8 Å². The van der Waals surface area contributed by atoms with Crippen LogP contribution in [0, 0.1) is 11.2 Å². The van der Waals surface area contributed by atoms with Gasteiger partial charge in [0, 0.05) is 0 Å². The third kappa shape index (κ3) is 4.73. The SMILES string of the molecule is CC(O)c1ccc(OCCC(C)(C)C)c(F)c1. The van der Waals surface area contributed by atoms with Crippen molar-refractivity contribution in [1.29, 1.82) is 0 Å². The minimum atomic E-state index is -0.659. The van der Waals surface area contributed by atoms with Gasteiger partial charge in [-0.05, 0) is 36.5 Å². The van der Waals surface area contributed by atoms with E-state index in [-0.39, 0.29) is 11.2 Å². The highest BCUT2D eigenvalue weighted by molar-refractivity contribution is 5.30. The van der Waals surface area contributed by atoms with E-state index in [4.69, 9.17) is 4.74 Å². The third-order valence-corrected chi connectivity index (χ3v) is 2.55. The number of ether oxygens (including phenoxy) is 1. The zero-order valence-electron chi connectivity index (χ0n) is 11.0. The molecule has 17 heavy (non-hydrogen) atoms. The minimum absolute atomic E-state index is 0.177. The van der Waals surface area contributed by atoms with E-state index in [2.05, 4.69) is 20.8 Å². The molecule has 3 heteroatoms. The number of aliphatic hydroxyl groups is 1. The van der Waals surface area contributed by atoms with E-state index in [0.717, 1.165) is 6.42 Å². The molecule has 1 aromatic rings. The van der Waals surface area contributed by atoms with E-state index in [1.165, 1.54) is 6.07 Å². The Bertz CT molecular complexity index is 367. The first-order valence-corrected chi connectivity index (χ1v) is 5.90. The second-order valence-electron chi connectivity index (χ2n) is 5.52. The molecule has 0 aliphatic rings. The highest BCUT2D eigenvalue weighted by Crippen LogP contribution is 2.24. The maximum atomic E-state index is 13.6. The highest BCUT2D eigenvalue weighted by atomic mass is 19.1. The average molecular weight is 240 g/mol. The van der Waals surface area contributed by atoms with Gasteiger partial charge in [-0.25, -0.2) is 4.39 Å². The van der Waals surface area contributed by atoms with Crippen molar-refractivity contribution in [1.82, 2.24) is 0 Å². The predicted octanol–water partition coefficient (Wildman–Crippen LogP) is 3.69. The topological polar surface area (TPSA) is 29.5 Å². The summed E-state index contributed by atoms with van der Waals surface area (Å²) in [5.41, 5.74) is 0.737. The zero-order chi connectivity index (χ0) is 13.1. The van der Waals surface area contributed by atoms with Gasteiger partial charge >= 0.3 is 0 Å². The predicted molar refractivity (Wildman–Crippen MR) is 66.6 cm³/mol. The van der Waals surface area contributed by atoms with Crippen molar-refractivity contribution in [3.8, 4) is 5.75 Å². The summed E-state index contributed by atoms with van der Waals surface area (Å²) in [5, 5.41) is 9.31. The van der Waals surface area contributed by atoms with Crippen molar-refractivity contribution in [2.75, 3.05) is 6.61 Å². The van der Waals surface area contributed by atoms with E-state index in [1.807, 2.05) is 0 Å². The second kappa shape index (κ2) is 5.50. The molecule has 2 nitrogen and oxygen atoms in total. The summed E-state index contributed by atoms with van der Waals surface area (Å²) in [6.45, 7) is 8.44. The fraction of sp³-hybridized carbons (Fsp3) is 0.571. The van der Waals surface area contributed by atoms with Gasteiger partial charge in [-0.15, -0.1) is 0 Å². The van der Waals surface area contributed by atoms with E-state index in [0.29, 0.717) is 12.2 Å². The smallest absolute Gasteiger partial charge is 0.165 e. The molecule has 0 aliphatic heterocycles. The summed E-state index contributed by atoms with van der Waals surface area (Å²) in [6.07, 6.45) is 0.207. The van der Waals surface area contributed by atoms with Crippen molar-refractivity contribution in [3.63, 3.8) is 0 Å². The van der Waals surface area contributed by atoms with Crippen LogP contribution in [0.3, 0.4) is 0 Å². The number of hydrogen-bond donors (Lipinski definition) is 1. The normalized spacial score (nSPS) is 13.5. The Hall–Kier alpha value is -1.09. The van der Waals surface area contributed by atoms with Crippen LogP contribution in [0.4, 0.5) is 4.39 Å². The largest absolute Gasteiger partial charge is 0.490 e. The van der Waals surface area contributed by atoms with Crippen LogP contribution in [0.5, 0.6) is 5.75 Å². The third-order valence-electron chi connectivity index (χ3n) is 2.55. The maximum absolute atomic E-state index is 13.6. The summed E-state index contributed by atoms with van der Waals surface area (Å²) in [7, 11) is 0. The van der Waals surface area contributed by atoms with E-state index in [9.17, 15) is 9.50 Å². The average Bonchev–Trinajstić information content (AvgIpc) is 2.18. The summed E-state index contributed by atoms with van der Waals surface area (Å²) in [4.78, 5) is 0. The van der Waals surface area contributed by atoms with Gasteiger partial charge in [0.15, 0.2) is 11.6 Å².